The zero-order valence-electron chi connectivity index (χ0n) is 31.1. The molecule has 0 radical (unpaired) electrons. The highest BCUT2D eigenvalue weighted by Gasteiger charge is 2.46. The second kappa shape index (κ2) is 26.9. The highest BCUT2D eigenvalue weighted by molar-refractivity contribution is 5.62. The maximum Gasteiger partial charge on any atom is 0.508 e. The standard InChI is InChI=1S/C37H66O12/c1-27(2)19-13-7-10-16-22-43-35(40)47-31-26-33(49-37(42)45-24-18-12-9-15-21-29(5)6)32(25-30(31)46-34(38)39)48-36(41)44-23-17-11-8-14-20-28(3)4/h27-33H,7-26H2,1-6H3,(H,38,39). The molecule has 1 saturated carbocycles. The summed E-state index contributed by atoms with van der Waals surface area (Å²) in [6.07, 6.45) is 4.99. The summed E-state index contributed by atoms with van der Waals surface area (Å²) in [6.45, 7) is 13.5. The van der Waals surface area contributed by atoms with E-state index in [9.17, 15) is 24.3 Å². The maximum absolute atomic E-state index is 12.7. The highest BCUT2D eigenvalue weighted by atomic mass is 16.8. The van der Waals surface area contributed by atoms with Gasteiger partial charge in [-0.1, -0.05) is 119 Å². The Labute approximate surface area is 294 Å². The Hall–Kier alpha value is -2.92. The zero-order chi connectivity index (χ0) is 36.4. The van der Waals surface area contributed by atoms with Gasteiger partial charge in [0.15, 0.2) is 0 Å². The van der Waals surface area contributed by atoms with Crippen molar-refractivity contribution in [2.24, 2.45) is 17.8 Å². The molecule has 0 aromatic rings. The highest BCUT2D eigenvalue weighted by Crippen LogP contribution is 2.30. The fraction of sp³-hybridized carbons (Fsp3) is 0.892. The molecule has 0 bridgehead atoms. The van der Waals surface area contributed by atoms with Gasteiger partial charge < -0.3 is 38.3 Å². The van der Waals surface area contributed by atoms with E-state index in [0.29, 0.717) is 37.0 Å². The molecule has 4 atom stereocenters. The first-order valence-corrected chi connectivity index (χ1v) is 18.8. The molecule has 0 aromatic carbocycles. The van der Waals surface area contributed by atoms with Crippen LogP contribution in [-0.4, -0.2) is 74.0 Å². The summed E-state index contributed by atoms with van der Waals surface area (Å²) in [5.74, 6) is 1.94. The van der Waals surface area contributed by atoms with Crippen LogP contribution >= 0.6 is 0 Å². The zero-order valence-corrected chi connectivity index (χ0v) is 31.1. The molecular formula is C37H66O12. The molecule has 0 aromatic heterocycles. The quantitative estimate of drug-likeness (QED) is 0.0547. The van der Waals surface area contributed by atoms with Crippen molar-refractivity contribution in [3.8, 4) is 0 Å². The molecule has 1 fully saturated rings. The van der Waals surface area contributed by atoms with Crippen LogP contribution in [0.1, 0.15) is 151 Å². The summed E-state index contributed by atoms with van der Waals surface area (Å²) < 4.78 is 37.3. The number of carboxylic acid groups (broad SMARTS) is 1. The predicted octanol–water partition coefficient (Wildman–Crippen LogP) is 10.2. The van der Waals surface area contributed by atoms with E-state index in [1.807, 2.05) is 0 Å². The first-order chi connectivity index (χ1) is 23.4. The van der Waals surface area contributed by atoms with Gasteiger partial charge in [0.05, 0.1) is 19.8 Å². The van der Waals surface area contributed by atoms with Gasteiger partial charge in [-0.2, -0.15) is 0 Å². The second-order valence-corrected chi connectivity index (χ2v) is 14.4. The van der Waals surface area contributed by atoms with Crippen molar-refractivity contribution in [2.45, 2.75) is 175 Å². The molecule has 12 heteroatoms. The minimum atomic E-state index is -1.60. The van der Waals surface area contributed by atoms with Crippen LogP contribution in [0.3, 0.4) is 0 Å². The molecule has 1 aliphatic carbocycles. The number of hydrogen-bond donors (Lipinski definition) is 1. The number of carbonyl (C=O) groups excluding carboxylic acids is 3. The van der Waals surface area contributed by atoms with Crippen molar-refractivity contribution in [3.05, 3.63) is 0 Å². The van der Waals surface area contributed by atoms with Crippen molar-refractivity contribution in [1.29, 1.82) is 0 Å². The van der Waals surface area contributed by atoms with E-state index < -0.39 is 49.0 Å². The van der Waals surface area contributed by atoms with Crippen LogP contribution in [0.5, 0.6) is 0 Å². The van der Waals surface area contributed by atoms with Gasteiger partial charge in [0, 0.05) is 12.8 Å². The van der Waals surface area contributed by atoms with Crippen LogP contribution in [-0.2, 0) is 33.2 Å². The number of carbonyl (C=O) groups is 4. The molecular weight excluding hydrogens is 636 g/mol. The Morgan fingerprint density at radius 3 is 0.980 bits per heavy atom. The van der Waals surface area contributed by atoms with Crippen LogP contribution in [0.25, 0.3) is 0 Å². The van der Waals surface area contributed by atoms with Crippen molar-refractivity contribution in [2.75, 3.05) is 19.8 Å². The number of hydrogen-bond acceptors (Lipinski definition) is 11. The molecule has 1 rings (SSSR count). The van der Waals surface area contributed by atoms with Crippen LogP contribution in [0.2, 0.25) is 0 Å². The summed E-state index contributed by atoms with van der Waals surface area (Å²) in [4.78, 5) is 49.4. The Bertz CT molecular complexity index is 906. The molecule has 49 heavy (non-hydrogen) atoms. The molecule has 0 spiro atoms. The molecule has 1 N–H and O–H groups in total. The fourth-order valence-corrected chi connectivity index (χ4v) is 5.65. The van der Waals surface area contributed by atoms with Crippen molar-refractivity contribution in [1.82, 2.24) is 0 Å². The van der Waals surface area contributed by atoms with Crippen LogP contribution in [0.15, 0.2) is 0 Å². The van der Waals surface area contributed by atoms with Gasteiger partial charge >= 0.3 is 24.6 Å². The summed E-state index contributed by atoms with van der Waals surface area (Å²) >= 11 is 0. The average molecular weight is 703 g/mol. The van der Waals surface area contributed by atoms with Crippen molar-refractivity contribution >= 4 is 24.6 Å². The lowest BCUT2D eigenvalue weighted by atomic mass is 9.89. The maximum atomic E-state index is 12.7. The SMILES string of the molecule is CC(C)CCCCCCOC(=O)OC1CC(OC(=O)OCCCCCCC(C)C)C(OC(=O)OCCCCCCC(C)C)CC1OC(=O)O. The molecule has 0 saturated heterocycles. The Morgan fingerprint density at radius 1 is 0.449 bits per heavy atom. The molecule has 0 aliphatic heterocycles. The van der Waals surface area contributed by atoms with Gasteiger partial charge in [0.25, 0.3) is 0 Å². The Kier molecular flexibility index (Phi) is 24.2. The van der Waals surface area contributed by atoms with Gasteiger partial charge in [-0.25, -0.2) is 19.2 Å². The lowest BCUT2D eigenvalue weighted by Crippen LogP contribution is -2.51. The van der Waals surface area contributed by atoms with E-state index >= 15 is 0 Å². The van der Waals surface area contributed by atoms with Gasteiger partial charge in [-0.15, -0.1) is 0 Å². The van der Waals surface area contributed by atoms with Crippen LogP contribution < -0.4 is 0 Å². The minimum Gasteiger partial charge on any atom is -0.450 e. The third kappa shape index (κ3) is 24.0. The molecule has 286 valence electrons. The van der Waals surface area contributed by atoms with Crippen LogP contribution in [0.4, 0.5) is 19.2 Å². The van der Waals surface area contributed by atoms with Gasteiger partial charge in [-0.05, 0) is 37.0 Å². The largest absolute Gasteiger partial charge is 0.508 e. The minimum absolute atomic E-state index is 0.150. The monoisotopic (exact) mass is 702 g/mol. The number of unbranched alkanes of at least 4 members (excludes halogenated alkanes) is 9. The van der Waals surface area contributed by atoms with Crippen LogP contribution in [0, 0.1) is 17.8 Å². The summed E-state index contributed by atoms with van der Waals surface area (Å²) in [5.41, 5.74) is 0. The first-order valence-electron chi connectivity index (χ1n) is 18.8. The van der Waals surface area contributed by atoms with E-state index in [4.69, 9.17) is 33.2 Å². The van der Waals surface area contributed by atoms with Gasteiger partial charge in [0.1, 0.15) is 24.4 Å². The third-order valence-corrected chi connectivity index (χ3v) is 8.44. The molecule has 12 nitrogen and oxygen atoms in total. The number of rotatable bonds is 25. The van der Waals surface area contributed by atoms with Gasteiger partial charge in [0.2, 0.25) is 0 Å². The summed E-state index contributed by atoms with van der Waals surface area (Å²) in [7, 11) is 0. The van der Waals surface area contributed by atoms with Crippen molar-refractivity contribution < 1.29 is 57.4 Å². The Morgan fingerprint density at radius 2 is 0.714 bits per heavy atom. The third-order valence-electron chi connectivity index (χ3n) is 8.44. The second-order valence-electron chi connectivity index (χ2n) is 14.4. The predicted molar refractivity (Wildman–Crippen MR) is 185 cm³/mol. The smallest absolute Gasteiger partial charge is 0.450 e. The van der Waals surface area contributed by atoms with E-state index in [2.05, 4.69) is 41.5 Å². The fourth-order valence-electron chi connectivity index (χ4n) is 5.65. The molecule has 0 amide bonds. The molecule has 0 heterocycles. The summed E-state index contributed by atoms with van der Waals surface area (Å²) in [5, 5.41) is 9.38. The average Bonchev–Trinajstić information content (AvgIpc) is 3.00. The van der Waals surface area contributed by atoms with E-state index in [-0.39, 0.29) is 32.7 Å². The topological polar surface area (TPSA) is 153 Å². The van der Waals surface area contributed by atoms with E-state index in [1.165, 1.54) is 0 Å². The lowest BCUT2D eigenvalue weighted by molar-refractivity contribution is -0.140. The summed E-state index contributed by atoms with van der Waals surface area (Å²) in [6, 6.07) is 0. The Balaban J connectivity index is 2.77. The van der Waals surface area contributed by atoms with E-state index in [1.54, 1.807) is 0 Å². The van der Waals surface area contributed by atoms with E-state index in [0.717, 1.165) is 77.0 Å². The molecule has 4 unspecified atom stereocenters. The van der Waals surface area contributed by atoms with Gasteiger partial charge in [-0.3, -0.25) is 0 Å². The molecule has 1 aliphatic rings. The number of ether oxygens (including phenoxy) is 7. The normalized spacial score (nSPS) is 19.0. The van der Waals surface area contributed by atoms with Crippen molar-refractivity contribution in [3.63, 3.8) is 0 Å². The first kappa shape index (κ1) is 44.1. The lowest BCUT2D eigenvalue weighted by Gasteiger charge is -2.37.